The van der Waals surface area contributed by atoms with Gasteiger partial charge in [0.15, 0.2) is 0 Å². The van der Waals surface area contributed by atoms with Crippen molar-refractivity contribution < 1.29 is 0 Å². The molecule has 0 fully saturated rings. The minimum Gasteiger partial charge on any atom is -0.370 e. The summed E-state index contributed by atoms with van der Waals surface area (Å²) in [6.07, 6.45) is 1.09. The van der Waals surface area contributed by atoms with Gasteiger partial charge in [-0.1, -0.05) is 29.8 Å². The van der Waals surface area contributed by atoms with Crippen LogP contribution in [0.5, 0.6) is 0 Å². The number of rotatable bonds is 8. The van der Waals surface area contributed by atoms with Crippen LogP contribution >= 0.6 is 0 Å². The Hall–Kier alpha value is -2.14. The monoisotopic (exact) mass is 313 g/mol. The Bertz CT molecular complexity index is 625. The molecule has 1 heterocycles. The second-order valence-electron chi connectivity index (χ2n) is 6.11. The van der Waals surface area contributed by atoms with E-state index in [2.05, 4.69) is 70.8 Å². The number of nitrogens with one attached hydrogen (secondary N) is 2. The van der Waals surface area contributed by atoms with E-state index in [-0.39, 0.29) is 0 Å². The molecule has 5 heteroatoms. The number of nitrogens with zero attached hydrogens (tertiary/aromatic N) is 3. The summed E-state index contributed by atoms with van der Waals surface area (Å²) in [5, 5.41) is 6.75. The Balaban J connectivity index is 1.91. The third-order valence-electron chi connectivity index (χ3n) is 3.48. The molecule has 0 atom stereocenters. The van der Waals surface area contributed by atoms with Crippen LogP contribution in [0, 0.1) is 13.8 Å². The maximum atomic E-state index is 4.46. The van der Waals surface area contributed by atoms with Crippen molar-refractivity contribution in [2.45, 2.75) is 26.8 Å². The van der Waals surface area contributed by atoms with Gasteiger partial charge in [0.25, 0.3) is 0 Å². The first-order valence-electron chi connectivity index (χ1n) is 8.06. The molecular weight excluding hydrogens is 286 g/mol. The minimum absolute atomic E-state index is 0.762. The zero-order chi connectivity index (χ0) is 16.7. The summed E-state index contributed by atoms with van der Waals surface area (Å²) in [6.45, 7) is 6.76. The highest BCUT2D eigenvalue weighted by Gasteiger charge is 2.02. The quantitative estimate of drug-likeness (QED) is 0.734. The van der Waals surface area contributed by atoms with Gasteiger partial charge in [0, 0.05) is 19.2 Å². The second kappa shape index (κ2) is 8.48. The number of benzene rings is 1. The van der Waals surface area contributed by atoms with E-state index >= 15 is 0 Å². The van der Waals surface area contributed by atoms with Gasteiger partial charge in [-0.2, -0.15) is 0 Å². The summed E-state index contributed by atoms with van der Waals surface area (Å²) in [6, 6.07) is 10.5. The largest absolute Gasteiger partial charge is 0.370 e. The Labute approximate surface area is 139 Å². The zero-order valence-electron chi connectivity index (χ0n) is 14.6. The maximum absolute atomic E-state index is 4.46. The SMILES string of the molecule is Cc1cccc(CNc2cc(NCCCN(C)C)nc(C)n2)c1. The van der Waals surface area contributed by atoms with Crippen molar-refractivity contribution in [1.29, 1.82) is 0 Å². The van der Waals surface area contributed by atoms with Crippen LogP contribution in [0.4, 0.5) is 11.6 Å². The third kappa shape index (κ3) is 6.24. The highest BCUT2D eigenvalue weighted by atomic mass is 15.1. The van der Waals surface area contributed by atoms with Gasteiger partial charge in [-0.3, -0.25) is 0 Å². The molecule has 0 spiro atoms. The summed E-state index contributed by atoms with van der Waals surface area (Å²) in [7, 11) is 4.17. The molecule has 0 unspecified atom stereocenters. The van der Waals surface area contributed by atoms with E-state index in [1.165, 1.54) is 11.1 Å². The predicted octanol–water partition coefficient (Wildman–Crippen LogP) is 3.07. The first kappa shape index (κ1) is 17.2. The van der Waals surface area contributed by atoms with Crippen LogP contribution in [0.25, 0.3) is 0 Å². The first-order valence-corrected chi connectivity index (χ1v) is 8.06. The van der Waals surface area contributed by atoms with Gasteiger partial charge in [-0.15, -0.1) is 0 Å². The Morgan fingerprint density at radius 3 is 2.43 bits per heavy atom. The maximum Gasteiger partial charge on any atom is 0.132 e. The van der Waals surface area contributed by atoms with E-state index in [0.29, 0.717) is 0 Å². The van der Waals surface area contributed by atoms with Crippen LogP contribution in [0.2, 0.25) is 0 Å². The van der Waals surface area contributed by atoms with Crippen LogP contribution in [0.15, 0.2) is 30.3 Å². The Kier molecular flexibility index (Phi) is 6.35. The molecule has 23 heavy (non-hydrogen) atoms. The van der Waals surface area contributed by atoms with Crippen molar-refractivity contribution in [1.82, 2.24) is 14.9 Å². The van der Waals surface area contributed by atoms with Crippen molar-refractivity contribution in [2.24, 2.45) is 0 Å². The molecule has 0 aliphatic carbocycles. The smallest absolute Gasteiger partial charge is 0.132 e. The van der Waals surface area contributed by atoms with E-state index < -0.39 is 0 Å². The molecule has 124 valence electrons. The summed E-state index contributed by atoms with van der Waals surface area (Å²) in [4.78, 5) is 11.1. The lowest BCUT2D eigenvalue weighted by Gasteiger charge is -2.12. The van der Waals surface area contributed by atoms with Crippen LogP contribution in [-0.2, 0) is 6.54 Å². The lowest BCUT2D eigenvalue weighted by atomic mass is 10.1. The van der Waals surface area contributed by atoms with Crippen molar-refractivity contribution in [3.8, 4) is 0 Å². The molecule has 0 bridgehead atoms. The zero-order valence-corrected chi connectivity index (χ0v) is 14.6. The molecule has 0 aliphatic rings. The molecule has 2 rings (SSSR count). The summed E-state index contributed by atoms with van der Waals surface area (Å²) < 4.78 is 0. The standard InChI is InChI=1S/C18H27N5/c1-14-7-5-8-16(11-14)13-20-18-12-17(21-15(2)22-18)19-9-6-10-23(3)4/h5,7-8,11-12H,6,9-10,13H2,1-4H3,(H2,19,20,21,22). The van der Waals surface area contributed by atoms with Gasteiger partial charge in [0.05, 0.1) is 0 Å². The second-order valence-corrected chi connectivity index (χ2v) is 6.11. The number of aromatic nitrogens is 2. The molecule has 0 saturated heterocycles. The molecule has 1 aromatic carbocycles. The molecule has 0 aliphatic heterocycles. The lowest BCUT2D eigenvalue weighted by molar-refractivity contribution is 0.405. The topological polar surface area (TPSA) is 53.1 Å². The molecule has 0 saturated carbocycles. The fourth-order valence-electron chi connectivity index (χ4n) is 2.38. The first-order chi connectivity index (χ1) is 11.0. The highest BCUT2D eigenvalue weighted by Crippen LogP contribution is 2.13. The summed E-state index contributed by atoms with van der Waals surface area (Å²) in [5.41, 5.74) is 2.52. The number of hydrogen-bond acceptors (Lipinski definition) is 5. The molecule has 0 radical (unpaired) electrons. The fourth-order valence-corrected chi connectivity index (χ4v) is 2.38. The van der Waals surface area contributed by atoms with Gasteiger partial charge < -0.3 is 15.5 Å². The van der Waals surface area contributed by atoms with Crippen LogP contribution < -0.4 is 10.6 Å². The Morgan fingerprint density at radius 1 is 1.00 bits per heavy atom. The molecular formula is C18H27N5. The molecule has 1 aromatic heterocycles. The molecule has 5 nitrogen and oxygen atoms in total. The summed E-state index contributed by atoms with van der Waals surface area (Å²) in [5.74, 6) is 2.51. The van der Waals surface area contributed by atoms with Crippen LogP contribution in [-0.4, -0.2) is 42.1 Å². The van der Waals surface area contributed by atoms with Gasteiger partial charge in [0.1, 0.15) is 17.5 Å². The molecule has 2 N–H and O–H groups in total. The van der Waals surface area contributed by atoms with Crippen molar-refractivity contribution in [3.05, 3.63) is 47.3 Å². The van der Waals surface area contributed by atoms with E-state index in [9.17, 15) is 0 Å². The Morgan fingerprint density at radius 2 is 1.74 bits per heavy atom. The van der Waals surface area contributed by atoms with Crippen molar-refractivity contribution in [2.75, 3.05) is 37.8 Å². The van der Waals surface area contributed by atoms with E-state index in [1.54, 1.807) is 0 Å². The number of anilines is 2. The number of aryl methyl sites for hydroxylation is 2. The van der Waals surface area contributed by atoms with Gasteiger partial charge in [-0.05, 0) is 46.5 Å². The normalized spacial score (nSPS) is 10.8. The minimum atomic E-state index is 0.762. The summed E-state index contributed by atoms with van der Waals surface area (Å²) >= 11 is 0. The van der Waals surface area contributed by atoms with Gasteiger partial charge in [-0.25, -0.2) is 9.97 Å². The van der Waals surface area contributed by atoms with Gasteiger partial charge >= 0.3 is 0 Å². The fraction of sp³-hybridized carbons (Fsp3) is 0.444. The molecule has 2 aromatic rings. The van der Waals surface area contributed by atoms with E-state index in [0.717, 1.165) is 43.5 Å². The predicted molar refractivity (Wildman–Crippen MR) is 96.9 cm³/mol. The third-order valence-corrected chi connectivity index (χ3v) is 3.48. The van der Waals surface area contributed by atoms with E-state index in [1.807, 2.05) is 13.0 Å². The average Bonchev–Trinajstić information content (AvgIpc) is 2.49. The van der Waals surface area contributed by atoms with Crippen molar-refractivity contribution >= 4 is 11.6 Å². The van der Waals surface area contributed by atoms with E-state index in [4.69, 9.17) is 0 Å². The lowest BCUT2D eigenvalue weighted by Crippen LogP contribution is -2.17. The van der Waals surface area contributed by atoms with Crippen molar-refractivity contribution in [3.63, 3.8) is 0 Å². The van der Waals surface area contributed by atoms with Crippen LogP contribution in [0.1, 0.15) is 23.4 Å². The highest BCUT2D eigenvalue weighted by molar-refractivity contribution is 5.47. The number of hydrogen-bond donors (Lipinski definition) is 2. The average molecular weight is 313 g/mol. The van der Waals surface area contributed by atoms with Gasteiger partial charge in [0.2, 0.25) is 0 Å². The molecule has 0 amide bonds. The van der Waals surface area contributed by atoms with Crippen LogP contribution in [0.3, 0.4) is 0 Å².